The second-order valence-electron chi connectivity index (χ2n) is 4.59. The van der Waals surface area contributed by atoms with Gasteiger partial charge in [0.15, 0.2) is 0 Å². The van der Waals surface area contributed by atoms with Crippen molar-refractivity contribution in [1.82, 2.24) is 0 Å². The highest BCUT2D eigenvalue weighted by Gasteiger charge is 2.31. The van der Waals surface area contributed by atoms with E-state index in [-0.39, 0.29) is 24.3 Å². The summed E-state index contributed by atoms with van der Waals surface area (Å²) in [5, 5.41) is 9.76. The Balaban J connectivity index is 2.56. The molecule has 0 saturated heterocycles. The summed E-state index contributed by atoms with van der Waals surface area (Å²) < 4.78 is 6.76. The molecule has 1 heterocycles. The Kier molecular flexibility index (Phi) is 7.05. The first-order valence-electron chi connectivity index (χ1n) is 6.39. The minimum absolute atomic E-state index is 0.0340. The van der Waals surface area contributed by atoms with Gasteiger partial charge in [-0.05, 0) is 76.6 Å². The van der Waals surface area contributed by atoms with E-state index in [9.17, 15) is 14.7 Å². The van der Waals surface area contributed by atoms with E-state index < -0.39 is 18.0 Å². The first-order valence-corrected chi connectivity index (χ1v) is 9.56. The number of hydrogen-bond donors (Lipinski definition) is 1. The number of carbonyl (C=O) groups excluding carboxylic acids is 2. The van der Waals surface area contributed by atoms with Gasteiger partial charge >= 0.3 is 11.9 Å². The quantitative estimate of drug-likeness (QED) is 0.215. The number of esters is 1. The average molecular weight is 582 g/mol. The molecule has 126 valence electrons. The van der Waals surface area contributed by atoms with Crippen molar-refractivity contribution >= 4 is 75.7 Å². The van der Waals surface area contributed by atoms with Gasteiger partial charge in [-0.3, -0.25) is 4.89 Å². The summed E-state index contributed by atoms with van der Waals surface area (Å²) in [4.78, 5) is 34.2. The first-order chi connectivity index (χ1) is 10.8. The highest BCUT2D eigenvalue weighted by atomic mass is 79.9. The van der Waals surface area contributed by atoms with E-state index in [1.165, 1.54) is 0 Å². The highest BCUT2D eigenvalue weighted by Crippen LogP contribution is 2.42. The summed E-state index contributed by atoms with van der Waals surface area (Å²) in [7, 11) is 0. The molecular weight excluding hydrogens is 572 g/mol. The number of fused-ring (bicyclic) bond motifs is 1. The van der Waals surface area contributed by atoms with E-state index >= 15 is 0 Å². The number of benzene rings is 1. The van der Waals surface area contributed by atoms with Crippen LogP contribution in [0.15, 0.2) is 17.9 Å². The number of aliphatic hydroxyl groups excluding tert-OH is 1. The van der Waals surface area contributed by atoms with Crippen molar-refractivity contribution in [1.29, 1.82) is 0 Å². The molecule has 0 aliphatic carbocycles. The van der Waals surface area contributed by atoms with E-state index in [4.69, 9.17) is 14.5 Å². The maximum absolute atomic E-state index is 12.4. The Morgan fingerprint density at radius 2 is 1.48 bits per heavy atom. The average Bonchev–Trinajstić information content (AvgIpc) is 2.52. The van der Waals surface area contributed by atoms with Crippen LogP contribution >= 0.6 is 63.7 Å². The van der Waals surface area contributed by atoms with Crippen LogP contribution in [0.25, 0.3) is 0 Å². The molecule has 10 heteroatoms. The topological polar surface area (TPSA) is 82.1 Å². The zero-order valence-corrected chi connectivity index (χ0v) is 17.8. The van der Waals surface area contributed by atoms with Crippen molar-refractivity contribution in [3.63, 3.8) is 0 Å². The smallest absolute Gasteiger partial charge is 0.375 e. The Morgan fingerprint density at radius 1 is 0.913 bits per heavy atom. The Hall–Kier alpha value is 0.000000000000000111. The van der Waals surface area contributed by atoms with Crippen LogP contribution in [0.4, 0.5) is 0 Å². The van der Waals surface area contributed by atoms with Gasteiger partial charge in [0.25, 0.3) is 0 Å². The minimum Gasteiger partial charge on any atom is -0.459 e. The second-order valence-corrected chi connectivity index (χ2v) is 7.77. The largest absolute Gasteiger partial charge is 0.459 e. The number of hydrogen-bond acceptors (Lipinski definition) is 6. The van der Waals surface area contributed by atoms with E-state index in [0.717, 1.165) is 0 Å². The third kappa shape index (κ3) is 4.35. The molecular formula is C13H10Br4O6. The molecule has 0 fully saturated rings. The van der Waals surface area contributed by atoms with E-state index in [0.29, 0.717) is 30.7 Å². The lowest BCUT2D eigenvalue weighted by Gasteiger charge is -2.17. The molecule has 0 saturated carbocycles. The van der Waals surface area contributed by atoms with Crippen LogP contribution < -0.4 is 0 Å². The zero-order chi connectivity index (χ0) is 17.1. The van der Waals surface area contributed by atoms with Crippen molar-refractivity contribution in [2.45, 2.75) is 18.9 Å². The molecule has 1 unspecified atom stereocenters. The lowest BCUT2D eigenvalue weighted by Crippen LogP contribution is -2.23. The van der Waals surface area contributed by atoms with Crippen molar-refractivity contribution < 1.29 is 29.2 Å². The predicted octanol–water partition coefficient (Wildman–Crippen LogP) is 4.14. The lowest BCUT2D eigenvalue weighted by atomic mass is 10.1. The maximum atomic E-state index is 12.4. The van der Waals surface area contributed by atoms with Gasteiger partial charge in [-0.1, -0.05) is 0 Å². The Labute approximate surface area is 165 Å². The number of cyclic esters (lactones) is 1. The van der Waals surface area contributed by atoms with Gasteiger partial charge in [0.2, 0.25) is 0 Å². The normalized spacial score (nSPS) is 20.0. The maximum Gasteiger partial charge on any atom is 0.375 e. The van der Waals surface area contributed by atoms with Gasteiger partial charge in [-0.15, -0.1) is 0 Å². The van der Waals surface area contributed by atoms with Crippen LogP contribution in [-0.4, -0.2) is 36.4 Å². The second kappa shape index (κ2) is 8.39. The van der Waals surface area contributed by atoms with Crippen LogP contribution in [0.1, 0.15) is 33.6 Å². The third-order valence-electron chi connectivity index (χ3n) is 2.98. The molecule has 0 aromatic heterocycles. The Morgan fingerprint density at radius 3 is 2.09 bits per heavy atom. The molecule has 6 nitrogen and oxygen atoms in total. The number of ether oxygens (including phenoxy) is 1. The molecule has 23 heavy (non-hydrogen) atoms. The molecule has 1 aliphatic heterocycles. The van der Waals surface area contributed by atoms with Crippen molar-refractivity contribution in [3.8, 4) is 0 Å². The van der Waals surface area contributed by atoms with Gasteiger partial charge < -0.3 is 9.84 Å². The minimum atomic E-state index is -0.834. The summed E-state index contributed by atoms with van der Waals surface area (Å²) >= 11 is 13.1. The molecule has 1 aromatic carbocycles. The van der Waals surface area contributed by atoms with Crippen LogP contribution in [0, 0.1) is 0 Å². The van der Waals surface area contributed by atoms with Crippen LogP contribution in [0.5, 0.6) is 0 Å². The van der Waals surface area contributed by atoms with Crippen LogP contribution in [0.2, 0.25) is 0 Å². The van der Waals surface area contributed by atoms with Gasteiger partial charge in [0.05, 0.1) is 23.8 Å². The molecule has 1 aromatic rings. The van der Waals surface area contributed by atoms with Gasteiger partial charge in [0, 0.05) is 17.9 Å². The van der Waals surface area contributed by atoms with Crippen molar-refractivity contribution in [3.05, 3.63) is 29.0 Å². The van der Waals surface area contributed by atoms with Gasteiger partial charge in [-0.25, -0.2) is 9.59 Å². The Bertz CT molecular complexity index is 648. The highest BCUT2D eigenvalue weighted by molar-refractivity contribution is 9.15. The summed E-state index contributed by atoms with van der Waals surface area (Å²) in [6.45, 7) is -0.0480. The van der Waals surface area contributed by atoms with E-state index in [1.54, 1.807) is 0 Å². The molecule has 1 N–H and O–H groups in total. The molecule has 0 spiro atoms. The molecule has 1 aliphatic rings. The summed E-state index contributed by atoms with van der Waals surface area (Å²) in [6, 6.07) is 0. The zero-order valence-electron chi connectivity index (χ0n) is 11.4. The molecule has 0 radical (unpaired) electrons. The molecule has 1 atom stereocenters. The fraction of sp³-hybridized carbons (Fsp3) is 0.385. The molecule has 0 bridgehead atoms. The van der Waals surface area contributed by atoms with E-state index in [1.807, 2.05) is 0 Å². The molecule has 2 rings (SSSR count). The SMILES string of the molecule is O=C1OCC(O)CCCOOC(=O)c2c(Br)c(Br)c(Br)c(Br)c21. The van der Waals surface area contributed by atoms with Crippen LogP contribution in [0.3, 0.4) is 0 Å². The van der Waals surface area contributed by atoms with E-state index in [2.05, 4.69) is 63.7 Å². The standard InChI is InChI=1S/C13H10Br4O6/c14-8-6-7(9(15)11(17)10(8)16)13(20)23-22-3-1-2-5(18)4-21-12(6)19/h5,18H,1-4H2. The van der Waals surface area contributed by atoms with Crippen molar-refractivity contribution in [2.24, 2.45) is 0 Å². The van der Waals surface area contributed by atoms with Gasteiger partial charge in [-0.2, -0.15) is 4.89 Å². The monoisotopic (exact) mass is 578 g/mol. The van der Waals surface area contributed by atoms with Crippen LogP contribution in [-0.2, 0) is 14.5 Å². The van der Waals surface area contributed by atoms with Crippen molar-refractivity contribution in [2.75, 3.05) is 13.2 Å². The fourth-order valence-corrected chi connectivity index (χ4v) is 4.30. The third-order valence-corrected chi connectivity index (χ3v) is 7.75. The summed E-state index contributed by atoms with van der Waals surface area (Å²) in [6.07, 6.45) is -0.0115. The number of aliphatic hydroxyl groups is 1. The number of halogens is 4. The van der Waals surface area contributed by atoms with Gasteiger partial charge in [0.1, 0.15) is 6.61 Å². The first kappa shape index (κ1) is 19.3. The fourth-order valence-electron chi connectivity index (χ4n) is 1.86. The number of rotatable bonds is 0. The number of carbonyl (C=O) groups is 2. The lowest BCUT2D eigenvalue weighted by molar-refractivity contribution is -0.242. The molecule has 0 amide bonds. The summed E-state index contributed by atoms with van der Waals surface area (Å²) in [5.41, 5.74) is -0.0830. The summed E-state index contributed by atoms with van der Waals surface area (Å²) in [5.74, 6) is -1.60. The predicted molar refractivity (Wildman–Crippen MR) is 94.1 cm³/mol.